The number of piperazine rings is 1. The fourth-order valence-electron chi connectivity index (χ4n) is 4.22. The summed E-state index contributed by atoms with van der Waals surface area (Å²) in [4.78, 5) is 16.1. The van der Waals surface area contributed by atoms with Gasteiger partial charge in [0.15, 0.2) is 6.04 Å². The van der Waals surface area contributed by atoms with Gasteiger partial charge in [-0.1, -0.05) is 53.2 Å². The predicted octanol–water partition coefficient (Wildman–Crippen LogP) is 0.955. The van der Waals surface area contributed by atoms with Gasteiger partial charge in [0.05, 0.1) is 0 Å². The van der Waals surface area contributed by atoms with Crippen molar-refractivity contribution < 1.29 is 19.1 Å². The number of aryl methyl sites for hydroxylation is 2. The van der Waals surface area contributed by atoms with Crippen LogP contribution in [0.5, 0.6) is 0 Å². The average molecular weight is 407 g/mol. The minimum atomic E-state index is -0.219. The molecule has 0 bridgehead atoms. The Hall–Kier alpha value is -2.96. The van der Waals surface area contributed by atoms with Gasteiger partial charge in [0, 0.05) is 17.3 Å². The summed E-state index contributed by atoms with van der Waals surface area (Å²) >= 11 is 0. The zero-order valence-electron chi connectivity index (χ0n) is 17.7. The summed E-state index contributed by atoms with van der Waals surface area (Å²) in [6.45, 7) is 8.72. The molecule has 6 nitrogen and oxygen atoms in total. The van der Waals surface area contributed by atoms with Crippen LogP contribution in [0, 0.1) is 13.8 Å². The van der Waals surface area contributed by atoms with Gasteiger partial charge >= 0.3 is 0 Å². The maximum Gasteiger partial charge on any atom is 0.287 e. The van der Waals surface area contributed by atoms with Crippen molar-refractivity contribution in [2.24, 2.45) is 0 Å². The highest BCUT2D eigenvalue weighted by molar-refractivity contribution is 5.94. The van der Waals surface area contributed by atoms with E-state index in [9.17, 15) is 4.79 Å². The molecule has 3 N–H and O–H groups in total. The summed E-state index contributed by atoms with van der Waals surface area (Å²) in [6, 6.07) is 19.9. The lowest BCUT2D eigenvalue weighted by molar-refractivity contribution is -1.03. The first-order valence-corrected chi connectivity index (χ1v) is 10.6. The molecule has 0 spiro atoms. The summed E-state index contributed by atoms with van der Waals surface area (Å²) in [5.41, 5.74) is 4.09. The number of nitrogens with zero attached hydrogens (tertiary/aromatic N) is 1. The standard InChI is InChI=1S/C24H28N4O2/c1-18-8-10-21(11-9-18)25-24(29)23(20-6-4-3-5-7-20)28-14-12-27(13-15-28)17-22-16-19(2)30-26-22/h3-11,16,23H,12-15,17H2,1-2H3,(H,25,29)/p+2/t23-/m0/s1. The van der Waals surface area contributed by atoms with Crippen LogP contribution in [-0.4, -0.2) is 37.2 Å². The van der Waals surface area contributed by atoms with Crippen molar-refractivity contribution in [2.75, 3.05) is 31.5 Å². The van der Waals surface area contributed by atoms with Gasteiger partial charge in [0.2, 0.25) is 0 Å². The Bertz CT molecular complexity index is 960. The molecule has 0 radical (unpaired) electrons. The first-order valence-electron chi connectivity index (χ1n) is 10.6. The topological polar surface area (TPSA) is 64.0 Å². The summed E-state index contributed by atoms with van der Waals surface area (Å²) in [5.74, 6) is 0.904. The summed E-state index contributed by atoms with van der Waals surface area (Å²) in [6.07, 6.45) is 0. The van der Waals surface area contributed by atoms with E-state index < -0.39 is 0 Å². The van der Waals surface area contributed by atoms with Crippen LogP contribution in [0.1, 0.15) is 28.6 Å². The lowest BCUT2D eigenvalue weighted by Gasteiger charge is -2.33. The SMILES string of the molecule is Cc1ccc(NC(=O)[C@H](c2ccccc2)[NH+]2CC[NH+](Cc3cc(C)on3)CC2)cc1. The van der Waals surface area contributed by atoms with E-state index in [0.29, 0.717) is 0 Å². The minimum Gasteiger partial charge on any atom is -0.361 e. The number of nitrogens with one attached hydrogen (secondary N) is 3. The predicted molar refractivity (Wildman–Crippen MR) is 115 cm³/mol. The van der Waals surface area contributed by atoms with Gasteiger partial charge in [-0.25, -0.2) is 0 Å². The number of hydrogen-bond donors (Lipinski definition) is 3. The Morgan fingerprint density at radius 1 is 1.03 bits per heavy atom. The quantitative estimate of drug-likeness (QED) is 0.571. The van der Waals surface area contributed by atoms with E-state index in [1.807, 2.05) is 62.4 Å². The molecule has 156 valence electrons. The van der Waals surface area contributed by atoms with Crippen molar-refractivity contribution in [1.29, 1.82) is 0 Å². The van der Waals surface area contributed by atoms with Crippen LogP contribution < -0.4 is 15.1 Å². The van der Waals surface area contributed by atoms with Crippen LogP contribution in [-0.2, 0) is 11.3 Å². The van der Waals surface area contributed by atoms with Gasteiger partial charge in [0.1, 0.15) is 44.2 Å². The number of anilines is 1. The zero-order valence-corrected chi connectivity index (χ0v) is 17.7. The molecule has 6 heteroatoms. The zero-order chi connectivity index (χ0) is 20.9. The molecule has 0 unspecified atom stereocenters. The minimum absolute atomic E-state index is 0.0515. The third-order valence-electron chi connectivity index (χ3n) is 5.83. The lowest BCUT2D eigenvalue weighted by Crippen LogP contribution is -3.28. The molecule has 4 rings (SSSR count). The fourth-order valence-corrected chi connectivity index (χ4v) is 4.22. The number of hydrogen-bond acceptors (Lipinski definition) is 3. The molecule has 0 aliphatic carbocycles. The van der Waals surface area contributed by atoms with Gasteiger partial charge in [-0.2, -0.15) is 0 Å². The summed E-state index contributed by atoms with van der Waals surface area (Å²) in [5, 5.41) is 7.26. The van der Waals surface area contributed by atoms with Crippen LogP contribution >= 0.6 is 0 Å². The maximum atomic E-state index is 13.3. The lowest BCUT2D eigenvalue weighted by atomic mass is 10.0. The Kier molecular flexibility index (Phi) is 6.26. The first kappa shape index (κ1) is 20.3. The van der Waals surface area contributed by atoms with Gasteiger partial charge < -0.3 is 19.6 Å². The number of amides is 1. The number of quaternary nitrogens is 2. The van der Waals surface area contributed by atoms with E-state index in [2.05, 4.69) is 22.6 Å². The monoisotopic (exact) mass is 406 g/mol. The van der Waals surface area contributed by atoms with Gasteiger partial charge in [0.25, 0.3) is 5.91 Å². The van der Waals surface area contributed by atoms with E-state index in [1.165, 1.54) is 15.4 Å². The smallest absolute Gasteiger partial charge is 0.287 e. The van der Waals surface area contributed by atoms with Crippen molar-refractivity contribution in [1.82, 2.24) is 5.16 Å². The highest BCUT2D eigenvalue weighted by Crippen LogP contribution is 2.14. The molecule has 1 amide bonds. The van der Waals surface area contributed by atoms with E-state index in [0.717, 1.165) is 55.4 Å². The summed E-state index contributed by atoms with van der Waals surface area (Å²) < 4.78 is 5.20. The molecule has 1 fully saturated rings. The van der Waals surface area contributed by atoms with E-state index >= 15 is 0 Å². The second-order valence-corrected chi connectivity index (χ2v) is 8.21. The van der Waals surface area contributed by atoms with E-state index in [1.54, 1.807) is 0 Å². The highest BCUT2D eigenvalue weighted by atomic mass is 16.5. The average Bonchev–Trinajstić information content (AvgIpc) is 3.16. The molecule has 2 heterocycles. The molecule has 1 aliphatic heterocycles. The molecule has 1 aliphatic rings. The van der Waals surface area contributed by atoms with Gasteiger partial charge in [-0.15, -0.1) is 0 Å². The summed E-state index contributed by atoms with van der Waals surface area (Å²) in [7, 11) is 0. The highest BCUT2D eigenvalue weighted by Gasteiger charge is 2.35. The second kappa shape index (κ2) is 9.24. The van der Waals surface area contributed by atoms with Crippen molar-refractivity contribution in [3.8, 4) is 0 Å². The number of rotatable bonds is 6. The number of carbonyl (C=O) groups is 1. The van der Waals surface area contributed by atoms with E-state index in [4.69, 9.17) is 4.52 Å². The first-order chi connectivity index (χ1) is 14.6. The molecule has 0 saturated carbocycles. The Balaban J connectivity index is 1.45. The molecule has 3 aromatic rings. The maximum absolute atomic E-state index is 13.3. The molecule has 1 atom stereocenters. The van der Waals surface area contributed by atoms with Crippen molar-refractivity contribution >= 4 is 11.6 Å². The van der Waals surface area contributed by atoms with Crippen LogP contribution in [0.2, 0.25) is 0 Å². The van der Waals surface area contributed by atoms with Crippen molar-refractivity contribution in [2.45, 2.75) is 26.4 Å². The Labute approximate surface area is 177 Å². The Morgan fingerprint density at radius 2 is 1.73 bits per heavy atom. The third-order valence-corrected chi connectivity index (χ3v) is 5.83. The van der Waals surface area contributed by atoms with Crippen molar-refractivity contribution in [3.63, 3.8) is 0 Å². The molecular formula is C24H30N4O2+2. The second-order valence-electron chi connectivity index (χ2n) is 8.21. The van der Waals surface area contributed by atoms with E-state index in [-0.39, 0.29) is 11.9 Å². The number of benzene rings is 2. The van der Waals surface area contributed by atoms with Gasteiger partial charge in [-0.3, -0.25) is 4.79 Å². The van der Waals surface area contributed by atoms with Crippen LogP contribution in [0.4, 0.5) is 5.69 Å². The molecular weight excluding hydrogens is 376 g/mol. The number of carbonyl (C=O) groups excluding carboxylic acids is 1. The van der Waals surface area contributed by atoms with Gasteiger partial charge in [-0.05, 0) is 26.0 Å². The van der Waals surface area contributed by atoms with Crippen molar-refractivity contribution in [3.05, 3.63) is 83.2 Å². The largest absolute Gasteiger partial charge is 0.361 e. The van der Waals surface area contributed by atoms with Crippen LogP contribution in [0.25, 0.3) is 0 Å². The molecule has 30 heavy (non-hydrogen) atoms. The molecule has 1 aromatic heterocycles. The van der Waals surface area contributed by atoms with Crippen LogP contribution in [0.15, 0.2) is 65.2 Å². The normalized spacial score (nSPS) is 19.9. The molecule has 1 saturated heterocycles. The fraction of sp³-hybridized carbons (Fsp3) is 0.333. The third kappa shape index (κ3) is 4.96. The molecule has 2 aromatic carbocycles. The number of aromatic nitrogens is 1. The Morgan fingerprint density at radius 3 is 2.37 bits per heavy atom. The van der Waals surface area contributed by atoms with Crippen LogP contribution in [0.3, 0.4) is 0 Å².